The fraction of sp³-hybridized carbons (Fsp3) is 0.0769. The minimum Gasteiger partial charge on any atom is -0.472 e. The van der Waals surface area contributed by atoms with Crippen molar-refractivity contribution in [1.82, 2.24) is 9.97 Å². The van der Waals surface area contributed by atoms with E-state index < -0.39 is 0 Å². The number of hydrogen-bond donors (Lipinski definition) is 0. The average molecular weight is 321 g/mol. The van der Waals surface area contributed by atoms with Crippen molar-refractivity contribution in [1.29, 1.82) is 0 Å². The third-order valence-electron chi connectivity index (χ3n) is 2.51. The van der Waals surface area contributed by atoms with Gasteiger partial charge in [-0.2, -0.15) is 0 Å². The van der Waals surface area contributed by atoms with Gasteiger partial charge in [0.25, 0.3) is 0 Å². The molecule has 18 heavy (non-hydrogen) atoms. The van der Waals surface area contributed by atoms with Gasteiger partial charge in [-0.1, -0.05) is 28.1 Å². The molecule has 90 valence electrons. The highest BCUT2D eigenvalue weighted by atomic mass is 79.9. The first-order valence-electron chi connectivity index (χ1n) is 5.38. The second-order valence-corrected chi connectivity index (χ2v) is 5.54. The largest absolute Gasteiger partial charge is 0.472 e. The Kier molecular flexibility index (Phi) is 3.25. The van der Waals surface area contributed by atoms with Crippen LogP contribution in [-0.4, -0.2) is 9.97 Å². The molecule has 0 amide bonds. The summed E-state index contributed by atoms with van der Waals surface area (Å²) in [5, 5.41) is 2.96. The minimum absolute atomic E-state index is 0.509. The van der Waals surface area contributed by atoms with Crippen LogP contribution in [0.15, 0.2) is 46.5 Å². The highest BCUT2D eigenvalue weighted by Crippen LogP contribution is 2.26. The Hall–Kier alpha value is -1.46. The Balaban J connectivity index is 1.80. The zero-order valence-electron chi connectivity index (χ0n) is 9.34. The molecule has 5 heteroatoms. The monoisotopic (exact) mass is 320 g/mol. The van der Waals surface area contributed by atoms with Gasteiger partial charge >= 0.3 is 0 Å². The first kappa shape index (κ1) is 11.6. The number of thiophene rings is 1. The Morgan fingerprint density at radius 2 is 1.94 bits per heavy atom. The summed E-state index contributed by atoms with van der Waals surface area (Å²) in [5.41, 5.74) is 1.11. The lowest BCUT2D eigenvalue weighted by molar-refractivity contribution is 0.297. The number of hydrogen-bond acceptors (Lipinski definition) is 4. The van der Waals surface area contributed by atoms with E-state index in [-0.39, 0.29) is 0 Å². The van der Waals surface area contributed by atoms with Crippen molar-refractivity contribution in [2.75, 3.05) is 0 Å². The van der Waals surface area contributed by atoms with E-state index in [0.717, 1.165) is 20.3 Å². The number of fused-ring (bicyclic) bond motifs is 1. The smallest absolute Gasteiger partial charge is 0.225 e. The molecule has 0 atom stereocenters. The number of nitrogens with zero attached hydrogens (tertiary/aromatic N) is 2. The fourth-order valence-corrected chi connectivity index (χ4v) is 2.60. The molecule has 2 heterocycles. The maximum Gasteiger partial charge on any atom is 0.225 e. The molecule has 1 aromatic carbocycles. The molecule has 3 aromatic rings. The maximum atomic E-state index is 5.74. The van der Waals surface area contributed by atoms with Crippen LogP contribution >= 0.6 is 27.3 Å². The summed E-state index contributed by atoms with van der Waals surface area (Å²) in [4.78, 5) is 9.32. The fourth-order valence-electron chi connectivity index (χ4n) is 1.61. The number of aromatic nitrogens is 2. The van der Waals surface area contributed by atoms with Gasteiger partial charge < -0.3 is 4.74 Å². The molecule has 0 aliphatic heterocycles. The Bertz CT molecular complexity index is 666. The van der Waals surface area contributed by atoms with Gasteiger partial charge in [0.05, 0.1) is 5.39 Å². The minimum atomic E-state index is 0.509. The quantitative estimate of drug-likeness (QED) is 0.730. The first-order valence-corrected chi connectivity index (χ1v) is 7.05. The molecule has 0 N–H and O–H groups in total. The zero-order chi connectivity index (χ0) is 12.4. The summed E-state index contributed by atoms with van der Waals surface area (Å²) < 4.78 is 6.81. The van der Waals surface area contributed by atoms with E-state index in [4.69, 9.17) is 4.74 Å². The molecule has 2 aromatic heterocycles. The van der Waals surface area contributed by atoms with Crippen molar-refractivity contribution in [3.05, 3.63) is 52.1 Å². The highest BCUT2D eigenvalue weighted by Gasteiger charge is 2.05. The van der Waals surface area contributed by atoms with E-state index in [1.165, 1.54) is 6.33 Å². The van der Waals surface area contributed by atoms with Crippen LogP contribution in [0.25, 0.3) is 10.2 Å². The lowest BCUT2D eigenvalue weighted by Gasteiger charge is -2.06. The Morgan fingerprint density at radius 3 is 2.78 bits per heavy atom. The van der Waals surface area contributed by atoms with Gasteiger partial charge in [-0.15, -0.1) is 11.3 Å². The van der Waals surface area contributed by atoms with Gasteiger partial charge in [0.15, 0.2) is 0 Å². The molecule has 0 saturated heterocycles. The molecule has 3 nitrogen and oxygen atoms in total. The predicted molar refractivity (Wildman–Crippen MR) is 75.9 cm³/mol. The normalized spacial score (nSPS) is 10.7. The molecule has 0 spiro atoms. The number of halogens is 1. The summed E-state index contributed by atoms with van der Waals surface area (Å²) in [6.07, 6.45) is 1.54. The standard InChI is InChI=1S/C13H9BrN2OS/c14-10-3-1-9(2-4-10)7-17-12-11-5-6-18-13(11)16-8-15-12/h1-6,8H,7H2. The molecule has 0 saturated carbocycles. The van der Waals surface area contributed by atoms with Crippen LogP contribution in [0.4, 0.5) is 0 Å². The van der Waals surface area contributed by atoms with E-state index in [2.05, 4.69) is 25.9 Å². The van der Waals surface area contributed by atoms with Crippen molar-refractivity contribution in [3.8, 4) is 5.88 Å². The van der Waals surface area contributed by atoms with Crippen LogP contribution in [0, 0.1) is 0 Å². The van der Waals surface area contributed by atoms with Gasteiger partial charge in [0.2, 0.25) is 5.88 Å². The summed E-state index contributed by atoms with van der Waals surface area (Å²) in [7, 11) is 0. The van der Waals surface area contributed by atoms with E-state index in [0.29, 0.717) is 12.5 Å². The van der Waals surface area contributed by atoms with Crippen LogP contribution in [0.1, 0.15) is 5.56 Å². The van der Waals surface area contributed by atoms with Crippen LogP contribution in [0.2, 0.25) is 0 Å². The van der Waals surface area contributed by atoms with Gasteiger partial charge in [0.1, 0.15) is 17.8 Å². The van der Waals surface area contributed by atoms with E-state index in [9.17, 15) is 0 Å². The molecule has 3 rings (SSSR count). The zero-order valence-corrected chi connectivity index (χ0v) is 11.7. The SMILES string of the molecule is Brc1ccc(COc2ncnc3sccc23)cc1. The van der Waals surface area contributed by atoms with Crippen LogP contribution in [0.3, 0.4) is 0 Å². The van der Waals surface area contributed by atoms with E-state index in [1.54, 1.807) is 11.3 Å². The van der Waals surface area contributed by atoms with Gasteiger partial charge in [-0.3, -0.25) is 0 Å². The van der Waals surface area contributed by atoms with Crippen LogP contribution in [0.5, 0.6) is 5.88 Å². The van der Waals surface area contributed by atoms with Crippen molar-refractivity contribution >= 4 is 37.5 Å². The summed E-state index contributed by atoms with van der Waals surface area (Å²) >= 11 is 5.00. The molecule has 0 radical (unpaired) electrons. The second kappa shape index (κ2) is 5.04. The predicted octanol–water partition coefficient (Wildman–Crippen LogP) is 4.03. The average Bonchev–Trinajstić information content (AvgIpc) is 2.87. The maximum absolute atomic E-state index is 5.74. The molecular weight excluding hydrogens is 312 g/mol. The Morgan fingerprint density at radius 1 is 1.11 bits per heavy atom. The number of ether oxygens (including phenoxy) is 1. The molecule has 0 bridgehead atoms. The van der Waals surface area contributed by atoms with Gasteiger partial charge in [-0.25, -0.2) is 9.97 Å². The molecule has 0 aliphatic rings. The third kappa shape index (κ3) is 2.37. The summed E-state index contributed by atoms with van der Waals surface area (Å²) in [6, 6.07) is 10.0. The van der Waals surface area contributed by atoms with E-state index >= 15 is 0 Å². The number of rotatable bonds is 3. The summed E-state index contributed by atoms with van der Waals surface area (Å²) in [6.45, 7) is 0.509. The van der Waals surface area contributed by atoms with E-state index in [1.807, 2.05) is 35.7 Å². The third-order valence-corrected chi connectivity index (χ3v) is 3.86. The lowest BCUT2D eigenvalue weighted by Crippen LogP contribution is -1.97. The molecular formula is C13H9BrN2OS. The van der Waals surface area contributed by atoms with Crippen LogP contribution in [-0.2, 0) is 6.61 Å². The van der Waals surface area contributed by atoms with Crippen molar-refractivity contribution in [2.24, 2.45) is 0 Å². The van der Waals surface area contributed by atoms with Crippen molar-refractivity contribution < 1.29 is 4.74 Å². The second-order valence-electron chi connectivity index (χ2n) is 3.73. The Labute approximate surface area is 117 Å². The topological polar surface area (TPSA) is 35.0 Å². The lowest BCUT2D eigenvalue weighted by atomic mass is 10.2. The molecule has 0 unspecified atom stereocenters. The highest BCUT2D eigenvalue weighted by molar-refractivity contribution is 9.10. The van der Waals surface area contributed by atoms with Crippen molar-refractivity contribution in [3.63, 3.8) is 0 Å². The molecule has 0 aliphatic carbocycles. The molecule has 0 fully saturated rings. The number of benzene rings is 1. The first-order chi connectivity index (χ1) is 8.83. The van der Waals surface area contributed by atoms with Gasteiger partial charge in [0, 0.05) is 4.47 Å². The summed E-state index contributed by atoms with van der Waals surface area (Å²) in [5.74, 6) is 0.643. The van der Waals surface area contributed by atoms with Gasteiger partial charge in [-0.05, 0) is 29.1 Å². The van der Waals surface area contributed by atoms with Crippen LogP contribution < -0.4 is 4.74 Å². The van der Waals surface area contributed by atoms with Crippen molar-refractivity contribution in [2.45, 2.75) is 6.61 Å².